The van der Waals surface area contributed by atoms with E-state index in [0.29, 0.717) is 18.1 Å². The molecule has 1 aromatic heterocycles. The van der Waals surface area contributed by atoms with Crippen LogP contribution < -0.4 is 10.6 Å². The minimum absolute atomic E-state index is 0.289. The Bertz CT molecular complexity index is 569. The number of amides is 2. The highest BCUT2D eigenvalue weighted by Gasteiger charge is 2.05. The fourth-order valence-electron chi connectivity index (χ4n) is 1.60. The number of rotatable bonds is 4. The number of anilines is 1. The van der Waals surface area contributed by atoms with Crippen LogP contribution in [0.4, 0.5) is 10.6 Å². The van der Waals surface area contributed by atoms with Gasteiger partial charge >= 0.3 is 6.03 Å². The maximum atomic E-state index is 11.6. The van der Waals surface area contributed by atoms with Crippen molar-refractivity contribution in [1.29, 1.82) is 0 Å². The summed E-state index contributed by atoms with van der Waals surface area (Å²) in [5.74, 6) is 1.07. The van der Waals surface area contributed by atoms with Gasteiger partial charge in [-0.2, -0.15) is 0 Å². The van der Waals surface area contributed by atoms with E-state index in [1.54, 1.807) is 13.0 Å². The number of aryl methyl sites for hydroxylation is 1. The molecule has 19 heavy (non-hydrogen) atoms. The molecule has 0 spiro atoms. The molecular weight excluding hydrogens is 310 g/mol. The summed E-state index contributed by atoms with van der Waals surface area (Å²) in [6.07, 6.45) is 0.769. The van der Waals surface area contributed by atoms with Gasteiger partial charge in [-0.25, -0.2) is 4.79 Å². The highest BCUT2D eigenvalue weighted by Crippen LogP contribution is 2.11. The summed E-state index contributed by atoms with van der Waals surface area (Å²) in [5.41, 5.74) is 1.16. The second-order valence-electron chi connectivity index (χ2n) is 4.08. The Morgan fingerprint density at radius 1 is 1.42 bits per heavy atom. The summed E-state index contributed by atoms with van der Waals surface area (Å²) in [6.45, 7) is 2.32. The second-order valence-corrected chi connectivity index (χ2v) is 5.00. The lowest BCUT2D eigenvalue weighted by atomic mass is 10.1. The van der Waals surface area contributed by atoms with E-state index in [0.717, 1.165) is 16.5 Å². The first-order chi connectivity index (χ1) is 9.13. The van der Waals surface area contributed by atoms with Crippen LogP contribution in [0.1, 0.15) is 11.3 Å². The summed E-state index contributed by atoms with van der Waals surface area (Å²) >= 11 is 3.41. The molecule has 1 aromatic carbocycles. The van der Waals surface area contributed by atoms with Crippen molar-refractivity contribution in [2.45, 2.75) is 13.3 Å². The van der Waals surface area contributed by atoms with Crippen LogP contribution in [0.25, 0.3) is 0 Å². The standard InChI is InChI=1S/C13H14BrN3O2/c1-9-7-12(17-19-9)16-13(18)15-6-5-10-3-2-4-11(14)8-10/h2-4,7-8H,5-6H2,1H3,(H2,15,16,17,18). The number of benzene rings is 1. The van der Waals surface area contributed by atoms with E-state index in [1.807, 2.05) is 24.3 Å². The van der Waals surface area contributed by atoms with Crippen LogP contribution >= 0.6 is 15.9 Å². The molecule has 6 heteroatoms. The number of nitrogens with zero attached hydrogens (tertiary/aromatic N) is 1. The molecule has 0 aliphatic heterocycles. The van der Waals surface area contributed by atoms with Crippen molar-refractivity contribution in [3.05, 3.63) is 46.1 Å². The van der Waals surface area contributed by atoms with Crippen molar-refractivity contribution < 1.29 is 9.32 Å². The number of nitrogens with one attached hydrogen (secondary N) is 2. The number of aromatic nitrogens is 1. The molecule has 0 bridgehead atoms. The third-order valence-corrected chi connectivity index (χ3v) is 2.95. The van der Waals surface area contributed by atoms with Gasteiger partial charge in [0.25, 0.3) is 0 Å². The molecule has 0 atom stereocenters. The van der Waals surface area contributed by atoms with Gasteiger partial charge in [0.2, 0.25) is 0 Å². The van der Waals surface area contributed by atoms with Crippen LogP contribution in [0.5, 0.6) is 0 Å². The molecule has 0 aliphatic rings. The zero-order valence-corrected chi connectivity index (χ0v) is 12.0. The van der Waals surface area contributed by atoms with Gasteiger partial charge in [-0.05, 0) is 31.0 Å². The van der Waals surface area contributed by atoms with E-state index < -0.39 is 0 Å². The van der Waals surface area contributed by atoms with Gasteiger partial charge in [-0.3, -0.25) is 5.32 Å². The summed E-state index contributed by atoms with van der Waals surface area (Å²) in [5, 5.41) is 9.04. The number of urea groups is 1. The molecule has 2 amide bonds. The summed E-state index contributed by atoms with van der Waals surface area (Å²) < 4.78 is 5.89. The minimum atomic E-state index is -0.289. The van der Waals surface area contributed by atoms with E-state index >= 15 is 0 Å². The van der Waals surface area contributed by atoms with Crippen LogP contribution in [0.15, 0.2) is 39.3 Å². The van der Waals surface area contributed by atoms with Crippen molar-refractivity contribution in [3.8, 4) is 0 Å². The average Bonchev–Trinajstić information content (AvgIpc) is 2.75. The zero-order valence-electron chi connectivity index (χ0n) is 10.4. The maximum absolute atomic E-state index is 11.6. The first-order valence-electron chi connectivity index (χ1n) is 5.86. The Morgan fingerprint density at radius 2 is 2.26 bits per heavy atom. The van der Waals surface area contributed by atoms with Crippen molar-refractivity contribution in [2.24, 2.45) is 0 Å². The average molecular weight is 324 g/mol. The summed E-state index contributed by atoms with van der Waals surface area (Å²) in [7, 11) is 0. The molecule has 0 aliphatic carbocycles. The number of hydrogen-bond acceptors (Lipinski definition) is 3. The monoisotopic (exact) mass is 323 g/mol. The van der Waals surface area contributed by atoms with Crippen molar-refractivity contribution in [1.82, 2.24) is 10.5 Å². The van der Waals surface area contributed by atoms with E-state index in [9.17, 15) is 4.79 Å². The molecule has 1 heterocycles. The third kappa shape index (κ3) is 4.40. The van der Waals surface area contributed by atoms with E-state index in [-0.39, 0.29) is 6.03 Å². The molecule has 0 fully saturated rings. The number of carbonyl (C=O) groups is 1. The van der Waals surface area contributed by atoms with Gasteiger partial charge in [-0.15, -0.1) is 0 Å². The molecule has 2 rings (SSSR count). The topological polar surface area (TPSA) is 67.2 Å². The molecule has 5 nitrogen and oxygen atoms in total. The first-order valence-corrected chi connectivity index (χ1v) is 6.65. The molecule has 100 valence electrons. The van der Waals surface area contributed by atoms with Crippen LogP contribution in [-0.4, -0.2) is 17.7 Å². The quantitative estimate of drug-likeness (QED) is 0.908. The van der Waals surface area contributed by atoms with E-state index in [1.165, 1.54) is 0 Å². The second kappa shape index (κ2) is 6.38. The summed E-state index contributed by atoms with van der Waals surface area (Å²) in [4.78, 5) is 11.6. The Labute approximate surface area is 119 Å². The SMILES string of the molecule is Cc1cc(NC(=O)NCCc2cccc(Br)c2)no1. The van der Waals surface area contributed by atoms with Crippen molar-refractivity contribution in [2.75, 3.05) is 11.9 Å². The Balaban J connectivity index is 1.75. The fraction of sp³-hybridized carbons (Fsp3) is 0.231. The van der Waals surface area contributed by atoms with Crippen LogP contribution in [0.2, 0.25) is 0 Å². The Morgan fingerprint density at radius 3 is 2.95 bits per heavy atom. The predicted molar refractivity (Wildman–Crippen MR) is 76.1 cm³/mol. The van der Waals surface area contributed by atoms with Gasteiger partial charge in [0.15, 0.2) is 5.82 Å². The lowest BCUT2D eigenvalue weighted by Crippen LogP contribution is -2.30. The van der Waals surface area contributed by atoms with Gasteiger partial charge in [0.05, 0.1) is 0 Å². The maximum Gasteiger partial charge on any atom is 0.320 e. The molecule has 0 radical (unpaired) electrons. The molecule has 2 aromatic rings. The minimum Gasteiger partial charge on any atom is -0.360 e. The van der Waals surface area contributed by atoms with Crippen LogP contribution in [0, 0.1) is 6.92 Å². The van der Waals surface area contributed by atoms with E-state index in [4.69, 9.17) is 4.52 Å². The number of carbonyl (C=O) groups excluding carboxylic acids is 1. The highest BCUT2D eigenvalue weighted by atomic mass is 79.9. The molecular formula is C13H14BrN3O2. The van der Waals surface area contributed by atoms with E-state index in [2.05, 4.69) is 31.7 Å². The van der Waals surface area contributed by atoms with Crippen LogP contribution in [0.3, 0.4) is 0 Å². The lowest BCUT2D eigenvalue weighted by Gasteiger charge is -2.05. The summed E-state index contributed by atoms with van der Waals surface area (Å²) in [6, 6.07) is 9.36. The highest BCUT2D eigenvalue weighted by molar-refractivity contribution is 9.10. The normalized spacial score (nSPS) is 10.2. The predicted octanol–water partition coefficient (Wildman–Crippen LogP) is 3.11. The molecule has 0 saturated carbocycles. The number of hydrogen-bond donors (Lipinski definition) is 2. The molecule has 0 saturated heterocycles. The first kappa shape index (κ1) is 13.6. The Hall–Kier alpha value is -1.82. The van der Waals surface area contributed by atoms with Gasteiger partial charge in [0, 0.05) is 17.1 Å². The van der Waals surface area contributed by atoms with Gasteiger partial charge in [0.1, 0.15) is 5.76 Å². The largest absolute Gasteiger partial charge is 0.360 e. The van der Waals surface area contributed by atoms with Gasteiger partial charge < -0.3 is 9.84 Å². The van der Waals surface area contributed by atoms with Gasteiger partial charge in [-0.1, -0.05) is 33.2 Å². The smallest absolute Gasteiger partial charge is 0.320 e. The molecule has 0 unspecified atom stereocenters. The number of halogens is 1. The zero-order chi connectivity index (χ0) is 13.7. The van der Waals surface area contributed by atoms with Crippen LogP contribution in [-0.2, 0) is 6.42 Å². The lowest BCUT2D eigenvalue weighted by molar-refractivity contribution is 0.252. The van der Waals surface area contributed by atoms with Crippen molar-refractivity contribution in [3.63, 3.8) is 0 Å². The fourth-order valence-corrected chi connectivity index (χ4v) is 2.05. The van der Waals surface area contributed by atoms with Crippen molar-refractivity contribution >= 4 is 27.8 Å². The third-order valence-electron chi connectivity index (χ3n) is 2.46. The Kier molecular flexibility index (Phi) is 4.57. The molecule has 2 N–H and O–H groups in total.